The van der Waals surface area contributed by atoms with Gasteiger partial charge in [-0.2, -0.15) is 0 Å². The Kier molecular flexibility index (Phi) is 18.5. The fraction of sp³-hybridized carbons (Fsp3) is 0.857. The maximum Gasteiger partial charge on any atom is 0.332 e. The Balaban J connectivity index is 4.90. The molecule has 0 radical (unpaired) electrons. The minimum Gasteiger partial charge on any atom is -0.461 e. The van der Waals surface area contributed by atoms with Crippen LogP contribution in [0.3, 0.4) is 0 Å². The fourth-order valence-electron chi connectivity index (χ4n) is 2.31. The van der Waals surface area contributed by atoms with Crippen LogP contribution in [0, 0.1) is 0 Å². The molecule has 0 saturated carbocycles. The minimum absolute atomic E-state index is 0.291. The van der Waals surface area contributed by atoms with E-state index in [4.69, 9.17) is 28.4 Å². The predicted octanol–water partition coefficient (Wildman–Crippen LogP) is -0.653. The Morgan fingerprint density at radius 3 is 1.45 bits per heavy atom. The summed E-state index contributed by atoms with van der Waals surface area (Å²) in [6.45, 7) is 4.15. The van der Waals surface area contributed by atoms with E-state index in [0.717, 1.165) is 0 Å². The molecule has 0 spiro atoms. The number of esters is 3. The first-order valence-corrected chi connectivity index (χ1v) is 11.0. The van der Waals surface area contributed by atoms with Gasteiger partial charge in [0.25, 0.3) is 0 Å². The van der Waals surface area contributed by atoms with Gasteiger partial charge in [-0.05, 0) is 19.3 Å². The van der Waals surface area contributed by atoms with Gasteiger partial charge >= 0.3 is 17.9 Å². The van der Waals surface area contributed by atoms with E-state index in [1.807, 2.05) is 20.8 Å². The molecule has 0 saturated heterocycles. The first-order valence-electron chi connectivity index (χ1n) is 11.0. The lowest BCUT2D eigenvalue weighted by molar-refractivity contribution is -0.187. The van der Waals surface area contributed by atoms with E-state index in [2.05, 4.69) is 0 Å². The molecule has 3 N–H and O–H groups in total. The van der Waals surface area contributed by atoms with Gasteiger partial charge in [-0.1, -0.05) is 20.8 Å². The Hall–Kier alpha value is -1.83. The smallest absolute Gasteiger partial charge is 0.332 e. The third kappa shape index (κ3) is 15.6. The molecule has 0 aromatic rings. The van der Waals surface area contributed by atoms with Gasteiger partial charge in [0.05, 0.1) is 0 Å². The number of aliphatic hydroxyl groups is 3. The highest BCUT2D eigenvalue weighted by atomic mass is 16.6. The van der Waals surface area contributed by atoms with E-state index in [-0.39, 0.29) is 13.2 Å². The first kappa shape index (κ1) is 31.2. The summed E-state index contributed by atoms with van der Waals surface area (Å²) in [5.74, 6) is -2.45. The van der Waals surface area contributed by atoms with Crippen LogP contribution in [0.25, 0.3) is 0 Å². The van der Waals surface area contributed by atoms with Crippen molar-refractivity contribution in [3.63, 3.8) is 0 Å². The third-order valence-electron chi connectivity index (χ3n) is 3.91. The lowest BCUT2D eigenvalue weighted by Crippen LogP contribution is -2.50. The molecule has 194 valence electrons. The van der Waals surface area contributed by atoms with Crippen molar-refractivity contribution < 1.29 is 58.1 Å². The number of hydrogen-bond donors (Lipinski definition) is 3. The van der Waals surface area contributed by atoms with Crippen molar-refractivity contribution in [2.24, 2.45) is 0 Å². The van der Waals surface area contributed by atoms with Gasteiger partial charge in [-0.15, -0.1) is 0 Å². The van der Waals surface area contributed by atoms with Gasteiger partial charge in [0, 0.05) is 19.8 Å². The van der Waals surface area contributed by atoms with Crippen LogP contribution in [0.5, 0.6) is 0 Å². The van der Waals surface area contributed by atoms with E-state index in [0.29, 0.717) is 39.1 Å². The maximum absolute atomic E-state index is 12.0. The zero-order chi connectivity index (χ0) is 25.1. The second-order valence-corrected chi connectivity index (χ2v) is 7.10. The molecule has 0 aliphatic rings. The summed E-state index contributed by atoms with van der Waals surface area (Å²) in [6.07, 6.45) is -4.91. The van der Waals surface area contributed by atoms with E-state index in [1.54, 1.807) is 0 Å². The van der Waals surface area contributed by atoms with Gasteiger partial charge in [0.15, 0.2) is 6.10 Å². The summed E-state index contributed by atoms with van der Waals surface area (Å²) in [4.78, 5) is 35.3. The molecule has 0 aromatic carbocycles. The van der Waals surface area contributed by atoms with Crippen LogP contribution in [0.2, 0.25) is 0 Å². The second-order valence-electron chi connectivity index (χ2n) is 7.10. The molecule has 33 heavy (non-hydrogen) atoms. The van der Waals surface area contributed by atoms with E-state index in [9.17, 15) is 29.7 Å². The van der Waals surface area contributed by atoms with Gasteiger partial charge in [-0.3, -0.25) is 0 Å². The monoisotopic (exact) mass is 482 g/mol. The average molecular weight is 483 g/mol. The van der Waals surface area contributed by atoms with Crippen LogP contribution in [-0.4, -0.2) is 110 Å². The number of carbonyl (C=O) groups is 3. The minimum atomic E-state index is -1.87. The Morgan fingerprint density at radius 1 is 0.636 bits per heavy atom. The molecule has 0 amide bonds. The van der Waals surface area contributed by atoms with Crippen LogP contribution in [0.15, 0.2) is 0 Å². The van der Waals surface area contributed by atoms with Crippen LogP contribution in [-0.2, 0) is 42.8 Å². The van der Waals surface area contributed by atoms with Gasteiger partial charge in [-0.25, -0.2) is 14.4 Å². The topological polar surface area (TPSA) is 167 Å². The molecule has 12 heteroatoms. The molecule has 0 bridgehead atoms. The second kappa shape index (κ2) is 19.6. The molecule has 0 aromatic heterocycles. The summed E-state index contributed by atoms with van der Waals surface area (Å²) in [5, 5.41) is 30.9. The van der Waals surface area contributed by atoms with Crippen LogP contribution >= 0.6 is 0 Å². The molecule has 4 unspecified atom stereocenters. The maximum atomic E-state index is 12.0. The third-order valence-corrected chi connectivity index (χ3v) is 3.91. The highest BCUT2D eigenvalue weighted by Crippen LogP contribution is 2.12. The molecule has 0 heterocycles. The zero-order valence-electron chi connectivity index (χ0n) is 19.6. The number of aliphatic hydroxyl groups excluding tert-OH is 3. The van der Waals surface area contributed by atoms with E-state index in [1.165, 1.54) is 0 Å². The van der Waals surface area contributed by atoms with Crippen molar-refractivity contribution >= 4 is 17.9 Å². The van der Waals surface area contributed by atoms with Crippen molar-refractivity contribution in [3.8, 4) is 0 Å². The Morgan fingerprint density at radius 2 is 1.03 bits per heavy atom. The summed E-state index contributed by atoms with van der Waals surface area (Å²) in [5.41, 5.74) is 0. The largest absolute Gasteiger partial charge is 0.461 e. The van der Waals surface area contributed by atoms with E-state index < -0.39 is 62.1 Å². The highest BCUT2D eigenvalue weighted by Gasteiger charge is 2.36. The summed E-state index contributed by atoms with van der Waals surface area (Å²) >= 11 is 0. The molecular weight excluding hydrogens is 444 g/mol. The molecule has 0 fully saturated rings. The van der Waals surface area contributed by atoms with Crippen LogP contribution in [0.4, 0.5) is 0 Å². The lowest BCUT2D eigenvalue weighted by atomic mass is 10.0. The summed E-state index contributed by atoms with van der Waals surface area (Å²) < 4.78 is 29.8. The highest BCUT2D eigenvalue weighted by molar-refractivity contribution is 5.71. The quantitative estimate of drug-likeness (QED) is 0.114. The average Bonchev–Trinajstić information content (AvgIpc) is 2.79. The number of rotatable bonds is 20. The number of carbonyl (C=O) groups excluding carboxylic acids is 3. The van der Waals surface area contributed by atoms with Crippen molar-refractivity contribution in [2.45, 2.75) is 64.4 Å². The number of ether oxygens (including phenoxy) is 6. The van der Waals surface area contributed by atoms with E-state index >= 15 is 0 Å². The zero-order valence-corrected chi connectivity index (χ0v) is 19.6. The SMILES string of the molecule is CCCOCC(=O)OCC(O)C(O)C(OC(=O)COCCC)C(O)COC(=O)COCCC. The molecule has 0 aliphatic carbocycles. The standard InChI is InChI=1S/C21H38O12/c1-4-7-28-12-17(24)31-10-15(22)20(27)21(33-19(26)14-30-9-6-3)16(23)11-32-18(25)13-29-8-5-2/h15-16,20-23,27H,4-14H2,1-3H3. The van der Waals surface area contributed by atoms with Crippen molar-refractivity contribution in [1.82, 2.24) is 0 Å². The van der Waals surface area contributed by atoms with Crippen molar-refractivity contribution in [2.75, 3.05) is 52.9 Å². The predicted molar refractivity (Wildman–Crippen MR) is 113 cm³/mol. The van der Waals surface area contributed by atoms with Gasteiger partial charge in [0.2, 0.25) is 0 Å². The van der Waals surface area contributed by atoms with Crippen molar-refractivity contribution in [3.05, 3.63) is 0 Å². The summed E-state index contributed by atoms with van der Waals surface area (Å²) in [7, 11) is 0. The molecular formula is C21H38O12. The Labute approximate surface area is 194 Å². The van der Waals surface area contributed by atoms with Crippen molar-refractivity contribution in [1.29, 1.82) is 0 Å². The normalized spacial score (nSPS) is 14.7. The van der Waals surface area contributed by atoms with Crippen LogP contribution in [0.1, 0.15) is 40.0 Å². The molecule has 4 atom stereocenters. The fourth-order valence-corrected chi connectivity index (χ4v) is 2.31. The summed E-state index contributed by atoms with van der Waals surface area (Å²) in [6, 6.07) is 0. The van der Waals surface area contributed by atoms with Gasteiger partial charge < -0.3 is 43.7 Å². The first-order chi connectivity index (χ1) is 15.8. The molecule has 12 nitrogen and oxygen atoms in total. The van der Waals surface area contributed by atoms with Gasteiger partial charge in [0.1, 0.15) is 51.3 Å². The lowest BCUT2D eigenvalue weighted by Gasteiger charge is -2.29. The number of hydrogen-bond acceptors (Lipinski definition) is 12. The Bertz CT molecular complexity index is 541. The molecule has 0 rings (SSSR count). The van der Waals surface area contributed by atoms with Crippen LogP contribution < -0.4 is 0 Å². The molecule has 0 aliphatic heterocycles.